The molecule has 3 N–H and O–H groups in total. The minimum absolute atomic E-state index is 0.180. The summed E-state index contributed by atoms with van der Waals surface area (Å²) in [6, 6.07) is 5.14. The lowest BCUT2D eigenvalue weighted by Gasteiger charge is -2.17. The van der Waals surface area contributed by atoms with E-state index in [9.17, 15) is 4.79 Å². The molecule has 0 saturated carbocycles. The van der Waals surface area contributed by atoms with Gasteiger partial charge in [0.1, 0.15) is 0 Å². The van der Waals surface area contributed by atoms with Crippen molar-refractivity contribution in [2.24, 2.45) is 5.41 Å². The van der Waals surface area contributed by atoms with Crippen molar-refractivity contribution in [3.63, 3.8) is 0 Å². The normalized spacial score (nSPS) is 11.4. The molecule has 0 aliphatic rings. The van der Waals surface area contributed by atoms with Crippen LogP contribution in [0.2, 0.25) is 0 Å². The van der Waals surface area contributed by atoms with Gasteiger partial charge >= 0.3 is 5.97 Å². The summed E-state index contributed by atoms with van der Waals surface area (Å²) in [4.78, 5) is 11.8. The Labute approximate surface area is 100 Å². The lowest BCUT2D eigenvalue weighted by Crippen LogP contribution is -2.08. The first-order valence-electron chi connectivity index (χ1n) is 5.05. The molecule has 0 spiro atoms. The molecule has 0 atom stereocenters. The molecular formula is C12H17NO2S. The van der Waals surface area contributed by atoms with E-state index in [0.717, 1.165) is 10.6 Å². The van der Waals surface area contributed by atoms with Crippen molar-refractivity contribution in [1.82, 2.24) is 0 Å². The fourth-order valence-corrected chi connectivity index (χ4v) is 2.08. The largest absolute Gasteiger partial charge is 0.478 e. The Kier molecular flexibility index (Phi) is 3.86. The lowest BCUT2D eigenvalue weighted by atomic mass is 10.0. The van der Waals surface area contributed by atoms with Gasteiger partial charge in [-0.05, 0) is 23.6 Å². The molecule has 4 heteroatoms. The van der Waals surface area contributed by atoms with E-state index in [4.69, 9.17) is 10.8 Å². The van der Waals surface area contributed by atoms with Crippen LogP contribution < -0.4 is 5.73 Å². The van der Waals surface area contributed by atoms with Gasteiger partial charge in [-0.1, -0.05) is 20.8 Å². The number of nitrogen functional groups attached to an aromatic ring is 1. The van der Waals surface area contributed by atoms with Crippen molar-refractivity contribution >= 4 is 23.4 Å². The van der Waals surface area contributed by atoms with Crippen LogP contribution in [0.3, 0.4) is 0 Å². The van der Waals surface area contributed by atoms with E-state index >= 15 is 0 Å². The molecule has 0 aliphatic carbocycles. The smallest absolute Gasteiger partial charge is 0.337 e. The van der Waals surface area contributed by atoms with Gasteiger partial charge < -0.3 is 10.8 Å². The Morgan fingerprint density at radius 2 is 2.06 bits per heavy atom. The molecule has 1 rings (SSSR count). The predicted molar refractivity (Wildman–Crippen MR) is 68.0 cm³/mol. The number of aromatic carboxylic acids is 1. The molecule has 0 unspecified atom stereocenters. The molecule has 0 aliphatic heterocycles. The third-order valence-corrected chi connectivity index (χ3v) is 3.52. The number of nitrogens with two attached hydrogens (primary N) is 1. The highest BCUT2D eigenvalue weighted by atomic mass is 32.2. The highest BCUT2D eigenvalue weighted by Gasteiger charge is 2.13. The number of thioether (sulfide) groups is 1. The van der Waals surface area contributed by atoms with Crippen LogP contribution in [0.4, 0.5) is 5.69 Å². The fraction of sp³-hybridized carbons (Fsp3) is 0.417. The Bertz CT molecular complexity index is 396. The predicted octanol–water partition coefficient (Wildman–Crippen LogP) is 3.11. The number of carboxylic acids is 1. The van der Waals surface area contributed by atoms with Crippen molar-refractivity contribution in [2.45, 2.75) is 25.7 Å². The van der Waals surface area contributed by atoms with E-state index < -0.39 is 5.97 Å². The zero-order chi connectivity index (χ0) is 12.3. The molecule has 0 heterocycles. The van der Waals surface area contributed by atoms with Crippen LogP contribution >= 0.6 is 11.8 Å². The number of benzene rings is 1. The number of hydrogen-bond donors (Lipinski definition) is 2. The van der Waals surface area contributed by atoms with Gasteiger partial charge in [-0.2, -0.15) is 0 Å². The van der Waals surface area contributed by atoms with E-state index in [-0.39, 0.29) is 11.0 Å². The summed E-state index contributed by atoms with van der Waals surface area (Å²) in [5.41, 5.74) is 6.29. The van der Waals surface area contributed by atoms with E-state index in [1.54, 1.807) is 23.9 Å². The first kappa shape index (κ1) is 12.9. The minimum Gasteiger partial charge on any atom is -0.478 e. The van der Waals surface area contributed by atoms with Gasteiger partial charge in [0.2, 0.25) is 0 Å². The zero-order valence-corrected chi connectivity index (χ0v) is 10.6. The van der Waals surface area contributed by atoms with Crippen molar-refractivity contribution in [3.05, 3.63) is 23.8 Å². The van der Waals surface area contributed by atoms with E-state index in [2.05, 4.69) is 20.8 Å². The number of rotatable bonds is 3. The second-order valence-corrected chi connectivity index (χ2v) is 5.95. The maximum atomic E-state index is 10.9. The molecule has 0 aromatic heterocycles. The van der Waals surface area contributed by atoms with Gasteiger partial charge in [0, 0.05) is 16.3 Å². The van der Waals surface area contributed by atoms with Crippen LogP contribution in [0, 0.1) is 5.41 Å². The van der Waals surface area contributed by atoms with Crippen molar-refractivity contribution in [3.8, 4) is 0 Å². The molecule has 0 saturated heterocycles. The second-order valence-electron chi connectivity index (χ2n) is 4.90. The average molecular weight is 239 g/mol. The summed E-state index contributed by atoms with van der Waals surface area (Å²) >= 11 is 1.65. The molecular weight excluding hydrogens is 222 g/mol. The molecule has 3 nitrogen and oxygen atoms in total. The van der Waals surface area contributed by atoms with Crippen molar-refractivity contribution < 1.29 is 9.90 Å². The Balaban J connectivity index is 2.83. The molecule has 1 aromatic rings. The van der Waals surface area contributed by atoms with Crippen LogP contribution in [0.15, 0.2) is 23.1 Å². The van der Waals surface area contributed by atoms with Crippen molar-refractivity contribution in [1.29, 1.82) is 0 Å². The molecule has 16 heavy (non-hydrogen) atoms. The van der Waals surface area contributed by atoms with Crippen LogP contribution in [-0.2, 0) is 0 Å². The second kappa shape index (κ2) is 4.78. The quantitative estimate of drug-likeness (QED) is 0.628. The number of carboxylic acid groups (broad SMARTS) is 1. The summed E-state index contributed by atoms with van der Waals surface area (Å²) in [5, 5.41) is 8.93. The van der Waals surface area contributed by atoms with Crippen LogP contribution in [-0.4, -0.2) is 16.8 Å². The lowest BCUT2D eigenvalue weighted by molar-refractivity contribution is 0.0698. The van der Waals surface area contributed by atoms with Crippen LogP contribution in [0.1, 0.15) is 31.1 Å². The third-order valence-electron chi connectivity index (χ3n) is 1.93. The first-order chi connectivity index (χ1) is 7.29. The van der Waals surface area contributed by atoms with Gasteiger partial charge in [0.25, 0.3) is 0 Å². The molecule has 0 radical (unpaired) electrons. The SMILES string of the molecule is CC(C)(C)CSc1ccc(N)c(C(=O)O)c1. The summed E-state index contributed by atoms with van der Waals surface area (Å²) in [6.07, 6.45) is 0. The fourth-order valence-electron chi connectivity index (χ4n) is 1.11. The average Bonchev–Trinajstić information content (AvgIpc) is 2.14. The number of hydrogen-bond acceptors (Lipinski definition) is 3. The Morgan fingerprint density at radius 1 is 1.44 bits per heavy atom. The van der Waals surface area contributed by atoms with Gasteiger partial charge in [-0.15, -0.1) is 11.8 Å². The highest BCUT2D eigenvalue weighted by Crippen LogP contribution is 2.28. The topological polar surface area (TPSA) is 63.3 Å². The summed E-state index contributed by atoms with van der Waals surface area (Å²) in [6.45, 7) is 6.44. The van der Waals surface area contributed by atoms with Gasteiger partial charge in [-0.3, -0.25) is 0 Å². The first-order valence-corrected chi connectivity index (χ1v) is 6.04. The summed E-state index contributed by atoms with van der Waals surface area (Å²) in [5.74, 6) is -0.0357. The number of anilines is 1. The number of carbonyl (C=O) groups is 1. The van der Waals surface area contributed by atoms with Gasteiger partial charge in [0.05, 0.1) is 5.56 Å². The summed E-state index contributed by atoms with van der Waals surface area (Å²) in [7, 11) is 0. The van der Waals surface area contributed by atoms with E-state index in [1.165, 1.54) is 0 Å². The molecule has 88 valence electrons. The van der Waals surface area contributed by atoms with Gasteiger partial charge in [-0.25, -0.2) is 4.79 Å². The molecule has 1 aromatic carbocycles. The highest BCUT2D eigenvalue weighted by molar-refractivity contribution is 7.99. The standard InChI is InChI=1S/C12H17NO2S/c1-12(2,3)7-16-8-4-5-10(13)9(6-8)11(14)15/h4-6H,7,13H2,1-3H3,(H,14,15). The van der Waals surface area contributed by atoms with E-state index in [0.29, 0.717) is 5.69 Å². The van der Waals surface area contributed by atoms with Crippen LogP contribution in [0.5, 0.6) is 0 Å². The summed E-state index contributed by atoms with van der Waals surface area (Å²) < 4.78 is 0. The third kappa shape index (κ3) is 3.77. The van der Waals surface area contributed by atoms with Gasteiger partial charge in [0.15, 0.2) is 0 Å². The Hall–Kier alpha value is -1.16. The maximum Gasteiger partial charge on any atom is 0.337 e. The van der Waals surface area contributed by atoms with Crippen molar-refractivity contribution in [2.75, 3.05) is 11.5 Å². The van der Waals surface area contributed by atoms with E-state index in [1.807, 2.05) is 6.07 Å². The minimum atomic E-state index is -0.976. The Morgan fingerprint density at radius 3 is 2.56 bits per heavy atom. The zero-order valence-electron chi connectivity index (χ0n) is 9.78. The monoisotopic (exact) mass is 239 g/mol. The maximum absolute atomic E-state index is 10.9. The molecule has 0 fully saturated rings. The molecule has 0 amide bonds. The van der Waals surface area contributed by atoms with Crippen LogP contribution in [0.25, 0.3) is 0 Å². The molecule has 0 bridgehead atoms.